The number of carbonyl (C=O) groups is 1. The number of piperidine rings is 1. The third-order valence-electron chi connectivity index (χ3n) is 2.77. The van der Waals surface area contributed by atoms with Crippen molar-refractivity contribution in [2.75, 3.05) is 6.54 Å². The molecule has 0 aliphatic carbocycles. The predicted octanol–water partition coefficient (Wildman–Crippen LogP) is 2.44. The minimum Gasteiger partial charge on any atom is -0.355 e. The lowest BCUT2D eigenvalue weighted by atomic mass is 10.1. The summed E-state index contributed by atoms with van der Waals surface area (Å²) in [7, 11) is 0. The molecular formula is C11H15BrN2OS. The molecule has 16 heavy (non-hydrogen) atoms. The molecule has 1 fully saturated rings. The average Bonchev–Trinajstić information content (AvgIpc) is 2.68. The summed E-state index contributed by atoms with van der Waals surface area (Å²) in [5, 5.41) is 6.43. The van der Waals surface area contributed by atoms with Crippen LogP contribution in [0.2, 0.25) is 0 Å². The Labute approximate surface area is 108 Å². The number of rotatable bonds is 3. The van der Waals surface area contributed by atoms with E-state index in [2.05, 4.69) is 45.6 Å². The van der Waals surface area contributed by atoms with Crippen LogP contribution in [-0.4, -0.2) is 18.5 Å². The number of halogens is 1. The molecular weight excluding hydrogens is 288 g/mol. The fourth-order valence-electron chi connectivity index (χ4n) is 1.87. The van der Waals surface area contributed by atoms with Crippen LogP contribution in [0.15, 0.2) is 15.9 Å². The summed E-state index contributed by atoms with van der Waals surface area (Å²) < 4.78 is 1.16. The van der Waals surface area contributed by atoms with Crippen molar-refractivity contribution in [2.45, 2.75) is 31.8 Å². The molecule has 5 heteroatoms. The zero-order valence-electron chi connectivity index (χ0n) is 9.13. The van der Waals surface area contributed by atoms with E-state index >= 15 is 0 Å². The second-order valence-electron chi connectivity index (χ2n) is 4.07. The van der Waals surface area contributed by atoms with Gasteiger partial charge >= 0.3 is 0 Å². The third kappa shape index (κ3) is 3.06. The van der Waals surface area contributed by atoms with Gasteiger partial charge in [0.25, 0.3) is 0 Å². The van der Waals surface area contributed by atoms with E-state index in [1.165, 1.54) is 4.88 Å². The second kappa shape index (κ2) is 5.29. The standard InChI is InChI=1S/C11H15BrN2OS/c1-7(9-3-4-10(12)16-9)14-8-2-5-11(15)13-6-8/h3-4,7-8,14H,2,5-6H2,1H3,(H,13,15). The molecule has 1 saturated heterocycles. The van der Waals surface area contributed by atoms with Crippen molar-refractivity contribution in [3.05, 3.63) is 20.8 Å². The first-order valence-corrected chi connectivity index (χ1v) is 7.04. The van der Waals surface area contributed by atoms with Gasteiger partial charge in [0.2, 0.25) is 5.91 Å². The van der Waals surface area contributed by atoms with E-state index in [-0.39, 0.29) is 5.91 Å². The molecule has 1 amide bonds. The van der Waals surface area contributed by atoms with Crippen LogP contribution in [0.1, 0.15) is 30.7 Å². The molecule has 88 valence electrons. The van der Waals surface area contributed by atoms with Gasteiger partial charge in [-0.05, 0) is 41.4 Å². The minimum atomic E-state index is 0.171. The first-order valence-electron chi connectivity index (χ1n) is 5.43. The molecule has 2 unspecified atom stereocenters. The number of hydrogen-bond acceptors (Lipinski definition) is 3. The van der Waals surface area contributed by atoms with E-state index < -0.39 is 0 Å². The summed E-state index contributed by atoms with van der Waals surface area (Å²) >= 11 is 5.22. The molecule has 0 bridgehead atoms. The van der Waals surface area contributed by atoms with Gasteiger partial charge in [0.15, 0.2) is 0 Å². The first-order chi connectivity index (χ1) is 7.65. The van der Waals surface area contributed by atoms with Crippen LogP contribution >= 0.6 is 27.3 Å². The van der Waals surface area contributed by atoms with E-state index in [9.17, 15) is 4.79 Å². The summed E-state index contributed by atoms with van der Waals surface area (Å²) in [5.74, 6) is 0.171. The van der Waals surface area contributed by atoms with Crippen molar-refractivity contribution in [3.63, 3.8) is 0 Å². The van der Waals surface area contributed by atoms with Crippen LogP contribution in [0.3, 0.4) is 0 Å². The normalized spacial score (nSPS) is 22.9. The quantitative estimate of drug-likeness (QED) is 0.900. The second-order valence-corrected chi connectivity index (χ2v) is 6.56. The maximum atomic E-state index is 11.0. The van der Waals surface area contributed by atoms with Gasteiger partial charge < -0.3 is 10.6 Å². The Morgan fingerprint density at radius 3 is 3.00 bits per heavy atom. The smallest absolute Gasteiger partial charge is 0.220 e. The number of amides is 1. The van der Waals surface area contributed by atoms with Crippen molar-refractivity contribution in [3.8, 4) is 0 Å². The number of hydrogen-bond donors (Lipinski definition) is 2. The maximum Gasteiger partial charge on any atom is 0.220 e. The minimum absolute atomic E-state index is 0.171. The Morgan fingerprint density at radius 2 is 2.44 bits per heavy atom. The molecule has 2 heterocycles. The number of thiophene rings is 1. The predicted molar refractivity (Wildman–Crippen MR) is 69.6 cm³/mol. The summed E-state index contributed by atoms with van der Waals surface area (Å²) in [5.41, 5.74) is 0. The zero-order valence-corrected chi connectivity index (χ0v) is 11.5. The van der Waals surface area contributed by atoms with Crippen molar-refractivity contribution in [2.24, 2.45) is 0 Å². The molecule has 0 aromatic carbocycles. The lowest BCUT2D eigenvalue weighted by Gasteiger charge is -2.26. The summed E-state index contributed by atoms with van der Waals surface area (Å²) in [6, 6.07) is 4.94. The molecule has 0 radical (unpaired) electrons. The Bertz CT molecular complexity index is 370. The van der Waals surface area contributed by atoms with Crippen LogP contribution < -0.4 is 10.6 Å². The molecule has 0 spiro atoms. The number of nitrogens with one attached hydrogen (secondary N) is 2. The lowest BCUT2D eigenvalue weighted by molar-refractivity contribution is -0.122. The zero-order chi connectivity index (χ0) is 11.5. The van der Waals surface area contributed by atoms with E-state index in [1.54, 1.807) is 11.3 Å². The Morgan fingerprint density at radius 1 is 1.62 bits per heavy atom. The van der Waals surface area contributed by atoms with E-state index in [0.29, 0.717) is 18.5 Å². The topological polar surface area (TPSA) is 41.1 Å². The highest BCUT2D eigenvalue weighted by atomic mass is 79.9. The van der Waals surface area contributed by atoms with Gasteiger partial charge in [-0.25, -0.2) is 0 Å². The van der Waals surface area contributed by atoms with Crippen molar-refractivity contribution in [1.82, 2.24) is 10.6 Å². The SMILES string of the molecule is CC(NC1CCC(=O)NC1)c1ccc(Br)s1. The Kier molecular flexibility index (Phi) is 4.00. The monoisotopic (exact) mass is 302 g/mol. The molecule has 1 aliphatic rings. The van der Waals surface area contributed by atoms with Gasteiger partial charge in [0.05, 0.1) is 3.79 Å². The average molecular weight is 303 g/mol. The molecule has 2 atom stereocenters. The fourth-order valence-corrected chi connectivity index (χ4v) is 3.31. The summed E-state index contributed by atoms with van der Waals surface area (Å²) in [6.45, 7) is 2.91. The van der Waals surface area contributed by atoms with Gasteiger partial charge in [-0.1, -0.05) is 0 Å². The van der Waals surface area contributed by atoms with Crippen LogP contribution in [0.25, 0.3) is 0 Å². The molecule has 1 aromatic heterocycles. The molecule has 2 rings (SSSR count). The lowest BCUT2D eigenvalue weighted by Crippen LogP contribution is -2.46. The fraction of sp³-hybridized carbons (Fsp3) is 0.545. The van der Waals surface area contributed by atoms with Gasteiger partial charge in [0.1, 0.15) is 0 Å². The van der Waals surface area contributed by atoms with Crippen LogP contribution in [0.4, 0.5) is 0 Å². The Hall–Kier alpha value is -0.390. The van der Waals surface area contributed by atoms with Gasteiger partial charge in [-0.15, -0.1) is 11.3 Å². The van der Waals surface area contributed by atoms with Crippen molar-refractivity contribution >= 4 is 33.2 Å². The molecule has 3 nitrogen and oxygen atoms in total. The highest BCUT2D eigenvalue weighted by molar-refractivity contribution is 9.11. The summed E-state index contributed by atoms with van der Waals surface area (Å²) in [6.07, 6.45) is 1.57. The highest BCUT2D eigenvalue weighted by Gasteiger charge is 2.20. The van der Waals surface area contributed by atoms with E-state index in [0.717, 1.165) is 16.8 Å². The molecule has 2 N–H and O–H groups in total. The van der Waals surface area contributed by atoms with Gasteiger partial charge in [-0.3, -0.25) is 4.79 Å². The maximum absolute atomic E-state index is 11.0. The van der Waals surface area contributed by atoms with Crippen molar-refractivity contribution < 1.29 is 4.79 Å². The molecule has 1 aromatic rings. The Balaban J connectivity index is 1.87. The van der Waals surface area contributed by atoms with E-state index in [1.807, 2.05) is 0 Å². The highest BCUT2D eigenvalue weighted by Crippen LogP contribution is 2.27. The van der Waals surface area contributed by atoms with Crippen molar-refractivity contribution in [1.29, 1.82) is 0 Å². The van der Waals surface area contributed by atoms with Gasteiger partial charge in [0, 0.05) is 29.9 Å². The van der Waals surface area contributed by atoms with Crippen LogP contribution in [0, 0.1) is 0 Å². The first kappa shape index (κ1) is 12.1. The van der Waals surface area contributed by atoms with Crippen LogP contribution in [-0.2, 0) is 4.79 Å². The molecule has 0 saturated carbocycles. The van der Waals surface area contributed by atoms with Gasteiger partial charge in [-0.2, -0.15) is 0 Å². The van der Waals surface area contributed by atoms with E-state index in [4.69, 9.17) is 0 Å². The van der Waals surface area contributed by atoms with Crippen LogP contribution in [0.5, 0.6) is 0 Å². The molecule has 1 aliphatic heterocycles. The third-order valence-corrected chi connectivity index (χ3v) is 4.58. The number of carbonyl (C=O) groups excluding carboxylic acids is 1. The summed E-state index contributed by atoms with van der Waals surface area (Å²) in [4.78, 5) is 12.3. The largest absolute Gasteiger partial charge is 0.355 e.